The lowest BCUT2D eigenvalue weighted by molar-refractivity contribution is 0.101. The number of para-hydroxylation sites is 1. The highest BCUT2D eigenvalue weighted by molar-refractivity contribution is 6.29. The molecule has 0 saturated carbocycles. The summed E-state index contributed by atoms with van der Waals surface area (Å²) < 4.78 is 0. The van der Waals surface area contributed by atoms with Gasteiger partial charge in [0, 0.05) is 17.1 Å². The minimum Gasteiger partial charge on any atom is -0.349 e. The number of hydrogen-bond donors (Lipinski definition) is 4. The van der Waals surface area contributed by atoms with Crippen LogP contribution >= 0.6 is 11.6 Å². The lowest BCUT2D eigenvalue weighted by Gasteiger charge is -2.09. The lowest BCUT2D eigenvalue weighted by Crippen LogP contribution is -2.14. The van der Waals surface area contributed by atoms with E-state index >= 15 is 0 Å². The van der Waals surface area contributed by atoms with Crippen LogP contribution in [0.4, 0.5) is 11.4 Å². The molecule has 35 heavy (non-hydrogen) atoms. The average Bonchev–Trinajstić information content (AvgIpc) is 3.55. The first-order valence-corrected chi connectivity index (χ1v) is 10.5. The van der Waals surface area contributed by atoms with E-state index in [0.717, 1.165) is 5.39 Å². The van der Waals surface area contributed by atoms with Crippen molar-refractivity contribution in [3.05, 3.63) is 82.8 Å². The van der Waals surface area contributed by atoms with Gasteiger partial charge in [-0.1, -0.05) is 23.7 Å². The van der Waals surface area contributed by atoms with E-state index < -0.39 is 5.91 Å². The molecular weight excluding hydrogens is 470 g/mol. The van der Waals surface area contributed by atoms with Gasteiger partial charge in [-0.2, -0.15) is 5.26 Å². The lowest BCUT2D eigenvalue weighted by atomic mass is 10.1. The summed E-state index contributed by atoms with van der Waals surface area (Å²) in [5, 5.41) is 29.5. The number of carbonyl (C=O) groups excluding carboxylic acids is 2. The maximum atomic E-state index is 13.1. The number of fused-ring (bicyclic) bond motifs is 1. The maximum Gasteiger partial charge on any atom is 0.272 e. The highest BCUT2D eigenvalue weighted by atomic mass is 35.5. The molecule has 11 nitrogen and oxygen atoms in total. The third kappa shape index (κ3) is 4.41. The van der Waals surface area contributed by atoms with E-state index in [9.17, 15) is 14.9 Å². The second-order valence-corrected chi connectivity index (χ2v) is 7.74. The van der Waals surface area contributed by atoms with Crippen molar-refractivity contribution in [2.45, 2.75) is 0 Å². The number of aromatic nitrogens is 6. The van der Waals surface area contributed by atoms with Gasteiger partial charge in [0.05, 0.1) is 34.1 Å². The Bertz CT molecular complexity index is 1600. The van der Waals surface area contributed by atoms with Crippen molar-refractivity contribution >= 4 is 45.7 Å². The summed E-state index contributed by atoms with van der Waals surface area (Å²) in [5.74, 6) is -0.500. The van der Waals surface area contributed by atoms with Gasteiger partial charge in [0.1, 0.15) is 10.8 Å². The molecule has 4 N–H and O–H groups in total. The summed E-state index contributed by atoms with van der Waals surface area (Å²) in [4.78, 5) is 32.7. The van der Waals surface area contributed by atoms with Crippen LogP contribution in [0.2, 0.25) is 5.15 Å². The zero-order chi connectivity index (χ0) is 24.4. The van der Waals surface area contributed by atoms with Gasteiger partial charge in [-0.05, 0) is 52.9 Å². The van der Waals surface area contributed by atoms with Crippen LogP contribution in [-0.2, 0) is 0 Å². The SMILES string of the molecule is N#Cc1ccc(NC(=O)c2cc3cccc(NC(=O)c4ccc(Cl)nc4)c3[nH]2)c(-c2nnn[nH]2)c1. The Hall–Kier alpha value is -5.08. The number of nitrogens with one attached hydrogen (secondary N) is 4. The molecule has 0 fully saturated rings. The summed E-state index contributed by atoms with van der Waals surface area (Å²) in [7, 11) is 0. The van der Waals surface area contributed by atoms with Crippen LogP contribution in [0.3, 0.4) is 0 Å². The van der Waals surface area contributed by atoms with Crippen molar-refractivity contribution in [2.75, 3.05) is 10.6 Å². The molecule has 0 radical (unpaired) electrons. The standard InChI is InChI=1S/C23H14ClN9O2/c24-19-7-5-14(11-26-19)22(34)29-17-3-1-2-13-9-18(27-20(13)17)23(35)28-16-6-4-12(10-25)8-15(16)21-30-32-33-31-21/h1-9,11,27H,(H,28,35)(H,29,34)(H,30,31,32,33). The third-order valence-corrected chi connectivity index (χ3v) is 5.36. The van der Waals surface area contributed by atoms with Gasteiger partial charge < -0.3 is 15.6 Å². The van der Waals surface area contributed by atoms with Gasteiger partial charge >= 0.3 is 0 Å². The summed E-state index contributed by atoms with van der Waals surface area (Å²) >= 11 is 5.79. The number of nitrogens with zero attached hydrogens (tertiary/aromatic N) is 5. The number of nitriles is 1. The van der Waals surface area contributed by atoms with E-state index in [0.29, 0.717) is 39.4 Å². The molecule has 0 spiro atoms. The van der Waals surface area contributed by atoms with Crippen molar-refractivity contribution in [2.24, 2.45) is 0 Å². The Balaban J connectivity index is 1.43. The molecule has 5 rings (SSSR count). The number of rotatable bonds is 5. The largest absolute Gasteiger partial charge is 0.349 e. The molecule has 0 unspecified atom stereocenters. The third-order valence-electron chi connectivity index (χ3n) is 5.14. The second kappa shape index (κ2) is 9.05. The number of anilines is 2. The molecule has 12 heteroatoms. The van der Waals surface area contributed by atoms with Crippen LogP contribution < -0.4 is 10.6 Å². The Kier molecular flexibility index (Phi) is 5.62. The van der Waals surface area contributed by atoms with Crippen LogP contribution in [0.1, 0.15) is 26.4 Å². The molecule has 0 aliphatic heterocycles. The van der Waals surface area contributed by atoms with E-state index in [1.165, 1.54) is 12.3 Å². The van der Waals surface area contributed by atoms with E-state index in [4.69, 9.17) is 11.6 Å². The summed E-state index contributed by atoms with van der Waals surface area (Å²) in [5.41, 5.74) is 2.93. The first kappa shape index (κ1) is 21.7. The number of aromatic amines is 2. The summed E-state index contributed by atoms with van der Waals surface area (Å²) in [6.45, 7) is 0. The number of pyridine rings is 1. The smallest absolute Gasteiger partial charge is 0.272 e. The molecule has 5 aromatic rings. The molecule has 3 heterocycles. The molecule has 0 bridgehead atoms. The topological polar surface area (TPSA) is 165 Å². The summed E-state index contributed by atoms with van der Waals surface area (Å²) in [6.07, 6.45) is 1.38. The highest BCUT2D eigenvalue weighted by Crippen LogP contribution is 2.28. The van der Waals surface area contributed by atoms with Crippen LogP contribution in [0.25, 0.3) is 22.3 Å². The predicted molar refractivity (Wildman–Crippen MR) is 128 cm³/mol. The number of H-pyrrole nitrogens is 2. The van der Waals surface area contributed by atoms with Crippen molar-refractivity contribution < 1.29 is 9.59 Å². The first-order chi connectivity index (χ1) is 17.0. The van der Waals surface area contributed by atoms with E-state index in [1.807, 2.05) is 12.1 Å². The number of benzene rings is 2. The van der Waals surface area contributed by atoms with E-state index in [-0.39, 0.29) is 16.8 Å². The zero-order valence-corrected chi connectivity index (χ0v) is 18.5. The Morgan fingerprint density at radius 2 is 1.86 bits per heavy atom. The van der Waals surface area contributed by atoms with Crippen molar-refractivity contribution in [1.29, 1.82) is 5.26 Å². The van der Waals surface area contributed by atoms with Crippen LogP contribution in [0, 0.1) is 11.3 Å². The molecular formula is C23H14ClN9O2. The van der Waals surface area contributed by atoms with E-state index in [1.54, 1.807) is 42.5 Å². The monoisotopic (exact) mass is 483 g/mol. The van der Waals surface area contributed by atoms with Crippen molar-refractivity contribution in [3.8, 4) is 17.5 Å². The normalized spacial score (nSPS) is 10.6. The summed E-state index contributed by atoms with van der Waals surface area (Å²) in [6, 6.07) is 16.9. The Morgan fingerprint density at radius 1 is 1.00 bits per heavy atom. The fraction of sp³-hybridized carbons (Fsp3) is 0. The first-order valence-electron chi connectivity index (χ1n) is 10.2. The molecule has 0 atom stereocenters. The molecule has 3 aromatic heterocycles. The molecule has 2 amide bonds. The number of carbonyl (C=O) groups is 2. The number of amides is 2. The van der Waals surface area contributed by atoms with Crippen molar-refractivity contribution in [1.82, 2.24) is 30.6 Å². The Labute approximate surface area is 202 Å². The highest BCUT2D eigenvalue weighted by Gasteiger charge is 2.17. The van der Waals surface area contributed by atoms with Gasteiger partial charge in [-0.3, -0.25) is 9.59 Å². The molecule has 2 aromatic carbocycles. The van der Waals surface area contributed by atoms with Crippen molar-refractivity contribution in [3.63, 3.8) is 0 Å². The molecule has 0 saturated heterocycles. The quantitative estimate of drug-likeness (QED) is 0.276. The molecule has 0 aliphatic carbocycles. The van der Waals surface area contributed by atoms with Crippen LogP contribution in [-0.4, -0.2) is 42.4 Å². The van der Waals surface area contributed by atoms with E-state index in [2.05, 4.69) is 41.2 Å². The van der Waals surface area contributed by atoms with Gasteiger partial charge in [0.15, 0.2) is 5.82 Å². The molecule has 170 valence electrons. The number of halogens is 1. The Morgan fingerprint density at radius 3 is 2.60 bits per heavy atom. The van der Waals surface area contributed by atoms with Gasteiger partial charge in [0.2, 0.25) is 0 Å². The minimum absolute atomic E-state index is 0.265. The minimum atomic E-state index is -0.432. The van der Waals surface area contributed by atoms with Crippen LogP contribution in [0.15, 0.2) is 60.8 Å². The number of tetrazole rings is 1. The van der Waals surface area contributed by atoms with Gasteiger partial charge in [-0.25, -0.2) is 10.1 Å². The van der Waals surface area contributed by atoms with Crippen LogP contribution in [0.5, 0.6) is 0 Å². The zero-order valence-electron chi connectivity index (χ0n) is 17.7. The second-order valence-electron chi connectivity index (χ2n) is 7.35. The van der Waals surface area contributed by atoms with Gasteiger partial charge in [-0.15, -0.1) is 5.10 Å². The number of hydrogen-bond acceptors (Lipinski definition) is 7. The fourth-order valence-electron chi connectivity index (χ4n) is 3.47. The molecule has 0 aliphatic rings. The average molecular weight is 484 g/mol. The van der Waals surface area contributed by atoms with Gasteiger partial charge in [0.25, 0.3) is 11.8 Å². The maximum absolute atomic E-state index is 13.1. The fourth-order valence-corrected chi connectivity index (χ4v) is 3.58. The predicted octanol–water partition coefficient (Wildman–Crippen LogP) is 3.77.